The monoisotopic (exact) mass is 252 g/mol. The largest absolute Gasteiger partial charge is 0.310 e. The smallest absolute Gasteiger partial charge is 0.146 e. The van der Waals surface area contributed by atoms with Gasteiger partial charge in [-0.05, 0) is 30.4 Å². The van der Waals surface area contributed by atoms with E-state index in [1.165, 1.54) is 6.20 Å². The van der Waals surface area contributed by atoms with E-state index in [4.69, 9.17) is 0 Å². The number of halogens is 1. The lowest BCUT2D eigenvalue weighted by Crippen LogP contribution is -2.28. The van der Waals surface area contributed by atoms with Crippen LogP contribution >= 0.6 is 0 Å². The minimum atomic E-state index is -0.218. The van der Waals surface area contributed by atoms with Gasteiger partial charge < -0.3 is 5.32 Å². The highest BCUT2D eigenvalue weighted by atomic mass is 19.1. The summed E-state index contributed by atoms with van der Waals surface area (Å²) in [5.41, 5.74) is 0.958. The lowest BCUT2D eigenvalue weighted by molar-refractivity contribution is 0.222. The maximum atomic E-state index is 13.8. The average Bonchev–Trinajstić information content (AvgIpc) is 2.28. The Morgan fingerprint density at radius 3 is 2.56 bits per heavy atom. The first-order valence-corrected chi connectivity index (χ1v) is 6.69. The van der Waals surface area contributed by atoms with E-state index in [0.29, 0.717) is 5.92 Å². The number of pyridine rings is 1. The van der Waals surface area contributed by atoms with Crippen LogP contribution in [0.1, 0.15) is 52.6 Å². The third-order valence-electron chi connectivity index (χ3n) is 3.70. The van der Waals surface area contributed by atoms with Crippen LogP contribution in [0.15, 0.2) is 18.5 Å². The molecule has 2 nitrogen and oxygen atoms in total. The zero-order valence-electron chi connectivity index (χ0n) is 12.1. The van der Waals surface area contributed by atoms with Gasteiger partial charge in [-0.2, -0.15) is 0 Å². The first-order chi connectivity index (χ1) is 8.36. The van der Waals surface area contributed by atoms with Crippen LogP contribution in [0, 0.1) is 17.2 Å². The molecular weight excluding hydrogens is 227 g/mol. The zero-order chi connectivity index (χ0) is 13.8. The van der Waals surface area contributed by atoms with Gasteiger partial charge in [-0.25, -0.2) is 4.39 Å². The van der Waals surface area contributed by atoms with Crippen molar-refractivity contribution in [3.63, 3.8) is 0 Å². The lowest BCUT2D eigenvalue weighted by Gasteiger charge is -2.31. The molecule has 0 saturated heterocycles. The van der Waals surface area contributed by atoms with Gasteiger partial charge >= 0.3 is 0 Å². The van der Waals surface area contributed by atoms with Crippen molar-refractivity contribution in [2.24, 2.45) is 11.3 Å². The summed E-state index contributed by atoms with van der Waals surface area (Å²) < 4.78 is 13.8. The zero-order valence-corrected chi connectivity index (χ0v) is 12.1. The fourth-order valence-electron chi connectivity index (χ4n) is 1.94. The Bertz CT molecular complexity index is 371. The van der Waals surface area contributed by atoms with Crippen LogP contribution in [0.5, 0.6) is 0 Å². The molecule has 1 aromatic heterocycles. The highest BCUT2D eigenvalue weighted by molar-refractivity contribution is 5.17. The molecule has 0 bridgehead atoms. The SMILES string of the molecule is CCNC(CC(C)C(C)(C)C)c1ccncc1F. The molecule has 2 atom stereocenters. The Labute approximate surface area is 110 Å². The van der Waals surface area contributed by atoms with Crippen LogP contribution in [-0.2, 0) is 0 Å². The molecule has 0 aliphatic carbocycles. The molecular formula is C15H25FN2. The van der Waals surface area contributed by atoms with Gasteiger partial charge in [-0.15, -0.1) is 0 Å². The topological polar surface area (TPSA) is 24.9 Å². The summed E-state index contributed by atoms with van der Waals surface area (Å²) in [5, 5.41) is 3.37. The number of hydrogen-bond acceptors (Lipinski definition) is 2. The predicted octanol–water partition coefficient (Wildman–Crippen LogP) is 3.94. The number of aromatic nitrogens is 1. The standard InChI is InChI=1S/C15H25FN2/c1-6-18-14(9-11(2)15(3,4)5)12-7-8-17-10-13(12)16/h7-8,10-11,14,18H,6,9H2,1-5H3. The Morgan fingerprint density at radius 2 is 2.06 bits per heavy atom. The number of nitrogens with zero attached hydrogens (tertiary/aromatic N) is 1. The molecule has 1 heterocycles. The summed E-state index contributed by atoms with van der Waals surface area (Å²) in [6.07, 6.45) is 3.88. The van der Waals surface area contributed by atoms with Crippen molar-refractivity contribution in [1.82, 2.24) is 10.3 Å². The molecule has 0 aliphatic rings. The van der Waals surface area contributed by atoms with Gasteiger partial charge in [0.2, 0.25) is 0 Å². The highest BCUT2D eigenvalue weighted by Gasteiger charge is 2.25. The second kappa shape index (κ2) is 6.28. The van der Waals surface area contributed by atoms with E-state index in [2.05, 4.69) is 38.0 Å². The minimum absolute atomic E-state index is 0.0622. The Kier molecular flexibility index (Phi) is 5.27. The highest BCUT2D eigenvalue weighted by Crippen LogP contribution is 2.33. The van der Waals surface area contributed by atoms with E-state index < -0.39 is 0 Å². The van der Waals surface area contributed by atoms with Gasteiger partial charge in [-0.1, -0.05) is 34.6 Å². The molecule has 2 unspecified atom stereocenters. The first kappa shape index (κ1) is 15.1. The number of rotatable bonds is 5. The number of nitrogens with one attached hydrogen (secondary N) is 1. The summed E-state index contributed by atoms with van der Waals surface area (Å²) >= 11 is 0. The second-order valence-corrected chi connectivity index (χ2v) is 6.01. The molecule has 0 fully saturated rings. The van der Waals surface area contributed by atoms with Crippen molar-refractivity contribution < 1.29 is 4.39 Å². The van der Waals surface area contributed by atoms with E-state index >= 15 is 0 Å². The van der Waals surface area contributed by atoms with Gasteiger partial charge in [0, 0.05) is 17.8 Å². The summed E-state index contributed by atoms with van der Waals surface area (Å²) in [4.78, 5) is 3.81. The van der Waals surface area contributed by atoms with E-state index in [1.807, 2.05) is 6.92 Å². The Balaban J connectivity index is 2.87. The maximum absolute atomic E-state index is 13.8. The first-order valence-electron chi connectivity index (χ1n) is 6.69. The van der Waals surface area contributed by atoms with Crippen molar-refractivity contribution in [3.8, 4) is 0 Å². The summed E-state index contributed by atoms with van der Waals surface area (Å²) in [7, 11) is 0. The van der Waals surface area contributed by atoms with Crippen molar-refractivity contribution in [2.45, 2.75) is 47.1 Å². The molecule has 3 heteroatoms. The summed E-state index contributed by atoms with van der Waals surface area (Å²) in [6, 6.07) is 1.84. The van der Waals surface area contributed by atoms with Gasteiger partial charge in [0.1, 0.15) is 5.82 Å². The minimum Gasteiger partial charge on any atom is -0.310 e. The molecule has 0 radical (unpaired) electrons. The summed E-state index contributed by atoms with van der Waals surface area (Å²) in [5.74, 6) is 0.290. The molecule has 1 N–H and O–H groups in total. The number of hydrogen-bond donors (Lipinski definition) is 1. The molecule has 18 heavy (non-hydrogen) atoms. The molecule has 0 saturated carbocycles. The fraction of sp³-hybridized carbons (Fsp3) is 0.667. The van der Waals surface area contributed by atoms with Crippen LogP contribution in [-0.4, -0.2) is 11.5 Å². The third-order valence-corrected chi connectivity index (χ3v) is 3.70. The molecule has 1 rings (SSSR count). The second-order valence-electron chi connectivity index (χ2n) is 6.01. The lowest BCUT2D eigenvalue weighted by atomic mass is 9.77. The molecule has 0 amide bonds. The normalized spacial score (nSPS) is 15.4. The molecule has 0 aliphatic heterocycles. The van der Waals surface area contributed by atoms with Crippen molar-refractivity contribution in [1.29, 1.82) is 0 Å². The molecule has 102 valence electrons. The van der Waals surface area contributed by atoms with Gasteiger partial charge in [-0.3, -0.25) is 4.98 Å². The molecule has 0 aromatic carbocycles. The Morgan fingerprint density at radius 1 is 1.39 bits per heavy atom. The van der Waals surface area contributed by atoms with Gasteiger partial charge in [0.05, 0.1) is 6.20 Å². The van der Waals surface area contributed by atoms with E-state index in [1.54, 1.807) is 12.3 Å². The van der Waals surface area contributed by atoms with Crippen LogP contribution in [0.25, 0.3) is 0 Å². The fourth-order valence-corrected chi connectivity index (χ4v) is 1.94. The van der Waals surface area contributed by atoms with Crippen molar-refractivity contribution >= 4 is 0 Å². The van der Waals surface area contributed by atoms with Crippen molar-refractivity contribution in [2.75, 3.05) is 6.54 Å². The Hall–Kier alpha value is -0.960. The van der Waals surface area contributed by atoms with Crippen LogP contribution in [0.2, 0.25) is 0 Å². The van der Waals surface area contributed by atoms with Crippen LogP contribution in [0.3, 0.4) is 0 Å². The van der Waals surface area contributed by atoms with E-state index in [0.717, 1.165) is 18.5 Å². The van der Waals surface area contributed by atoms with Gasteiger partial charge in [0.25, 0.3) is 0 Å². The third kappa shape index (κ3) is 4.05. The van der Waals surface area contributed by atoms with Crippen LogP contribution < -0.4 is 5.32 Å². The average molecular weight is 252 g/mol. The predicted molar refractivity (Wildman–Crippen MR) is 73.8 cm³/mol. The van der Waals surface area contributed by atoms with Crippen molar-refractivity contribution in [3.05, 3.63) is 29.8 Å². The quantitative estimate of drug-likeness (QED) is 0.858. The van der Waals surface area contributed by atoms with E-state index in [-0.39, 0.29) is 17.3 Å². The van der Waals surface area contributed by atoms with Gasteiger partial charge in [0.15, 0.2) is 0 Å². The van der Waals surface area contributed by atoms with Crippen LogP contribution in [0.4, 0.5) is 4.39 Å². The van der Waals surface area contributed by atoms with E-state index in [9.17, 15) is 4.39 Å². The molecule has 1 aromatic rings. The molecule has 0 spiro atoms. The maximum Gasteiger partial charge on any atom is 0.146 e. The summed E-state index contributed by atoms with van der Waals surface area (Å²) in [6.45, 7) is 11.8.